The number of unbranched alkanes of at least 4 members (excludes halogenated alkanes) is 2. The Balaban J connectivity index is 1.84. The Bertz CT molecular complexity index is 552. The molecule has 1 nitrogen and oxygen atoms in total. The maximum atomic E-state index is 3.63. The van der Waals surface area contributed by atoms with Crippen molar-refractivity contribution in [1.82, 2.24) is 4.98 Å². The topological polar surface area (TPSA) is 15.8 Å². The van der Waals surface area contributed by atoms with Crippen LogP contribution in [0.5, 0.6) is 0 Å². The number of hydrogen-bond acceptors (Lipinski definition) is 0. The molecule has 3 rings (SSSR count). The highest BCUT2D eigenvalue weighted by molar-refractivity contribution is 5.85. The third-order valence-corrected chi connectivity index (χ3v) is 4.85. The van der Waals surface area contributed by atoms with Crippen molar-refractivity contribution in [3.8, 4) is 0 Å². The maximum Gasteiger partial charge on any atom is 0.0459 e. The first-order chi connectivity index (χ1) is 9.31. The molecule has 0 saturated carbocycles. The fourth-order valence-electron chi connectivity index (χ4n) is 3.77. The molecular weight excluding hydrogens is 230 g/mol. The standard InChI is InChI=1S/C18H25N/c1-3-4-5-8-13(2)14-11-12-17-18(14)15-9-6-7-10-16(15)19-17/h6-7,9-10,13-14,19H,3-5,8,11-12H2,1-2H3. The van der Waals surface area contributed by atoms with E-state index < -0.39 is 0 Å². The second-order valence-electron chi connectivity index (χ2n) is 6.18. The molecule has 2 atom stereocenters. The quantitative estimate of drug-likeness (QED) is 0.687. The van der Waals surface area contributed by atoms with E-state index >= 15 is 0 Å². The second-order valence-corrected chi connectivity index (χ2v) is 6.18. The predicted octanol–water partition coefficient (Wildman–Crippen LogP) is 5.41. The predicted molar refractivity (Wildman–Crippen MR) is 82.7 cm³/mol. The molecule has 1 aliphatic carbocycles. The fourth-order valence-corrected chi connectivity index (χ4v) is 3.77. The van der Waals surface area contributed by atoms with Gasteiger partial charge in [0, 0.05) is 16.6 Å². The molecule has 1 N–H and O–H groups in total. The lowest BCUT2D eigenvalue weighted by Crippen LogP contribution is -2.06. The van der Waals surface area contributed by atoms with E-state index in [0.29, 0.717) is 0 Å². The number of rotatable bonds is 5. The van der Waals surface area contributed by atoms with Gasteiger partial charge in [0.05, 0.1) is 0 Å². The number of aryl methyl sites for hydroxylation is 1. The van der Waals surface area contributed by atoms with E-state index in [9.17, 15) is 0 Å². The van der Waals surface area contributed by atoms with Gasteiger partial charge in [0.15, 0.2) is 0 Å². The SMILES string of the molecule is CCCCCC(C)C1CCc2[nH]c3ccccc3c21. The molecule has 1 aliphatic rings. The first kappa shape index (κ1) is 12.8. The Hall–Kier alpha value is -1.24. The summed E-state index contributed by atoms with van der Waals surface area (Å²) in [7, 11) is 0. The lowest BCUT2D eigenvalue weighted by atomic mass is 9.84. The van der Waals surface area contributed by atoms with Gasteiger partial charge in [0.1, 0.15) is 0 Å². The molecule has 1 aromatic heterocycles. The van der Waals surface area contributed by atoms with Crippen LogP contribution < -0.4 is 0 Å². The van der Waals surface area contributed by atoms with Gasteiger partial charge in [0.25, 0.3) is 0 Å². The van der Waals surface area contributed by atoms with Crippen molar-refractivity contribution in [2.45, 2.75) is 58.3 Å². The Morgan fingerprint density at radius 1 is 1.26 bits per heavy atom. The maximum absolute atomic E-state index is 3.63. The number of benzene rings is 1. The molecule has 0 saturated heterocycles. The molecule has 1 heteroatoms. The first-order valence-corrected chi connectivity index (χ1v) is 7.90. The van der Waals surface area contributed by atoms with Crippen molar-refractivity contribution in [2.24, 2.45) is 5.92 Å². The average molecular weight is 255 g/mol. The number of aromatic amines is 1. The van der Waals surface area contributed by atoms with Crippen LogP contribution in [0, 0.1) is 5.92 Å². The van der Waals surface area contributed by atoms with Gasteiger partial charge in [-0.25, -0.2) is 0 Å². The fraction of sp³-hybridized carbons (Fsp3) is 0.556. The molecule has 2 unspecified atom stereocenters. The lowest BCUT2D eigenvalue weighted by molar-refractivity contribution is 0.410. The number of H-pyrrole nitrogens is 1. The number of fused-ring (bicyclic) bond motifs is 3. The summed E-state index contributed by atoms with van der Waals surface area (Å²) in [6, 6.07) is 8.81. The van der Waals surface area contributed by atoms with E-state index in [-0.39, 0.29) is 0 Å². The minimum Gasteiger partial charge on any atom is -0.358 e. The van der Waals surface area contributed by atoms with Gasteiger partial charge in [-0.3, -0.25) is 0 Å². The minimum absolute atomic E-state index is 0.781. The molecule has 1 heterocycles. The van der Waals surface area contributed by atoms with Crippen LogP contribution in [0.3, 0.4) is 0 Å². The minimum atomic E-state index is 0.781. The van der Waals surface area contributed by atoms with Crippen LogP contribution in [0.1, 0.15) is 63.1 Å². The number of nitrogens with one attached hydrogen (secondary N) is 1. The lowest BCUT2D eigenvalue weighted by Gasteiger charge is -2.20. The monoisotopic (exact) mass is 255 g/mol. The Kier molecular flexibility index (Phi) is 3.63. The van der Waals surface area contributed by atoms with E-state index in [2.05, 4.69) is 43.1 Å². The average Bonchev–Trinajstić information content (AvgIpc) is 2.97. The van der Waals surface area contributed by atoms with Gasteiger partial charge in [-0.2, -0.15) is 0 Å². The largest absolute Gasteiger partial charge is 0.358 e. The van der Waals surface area contributed by atoms with E-state index in [4.69, 9.17) is 0 Å². The third kappa shape index (κ3) is 2.31. The number of para-hydroxylation sites is 1. The van der Waals surface area contributed by atoms with E-state index in [0.717, 1.165) is 11.8 Å². The van der Waals surface area contributed by atoms with Gasteiger partial charge >= 0.3 is 0 Å². The normalized spacial score (nSPS) is 19.8. The first-order valence-electron chi connectivity index (χ1n) is 7.90. The number of aromatic nitrogens is 1. The molecule has 2 aromatic rings. The van der Waals surface area contributed by atoms with E-state index in [1.807, 2.05) is 0 Å². The summed E-state index contributed by atoms with van der Waals surface area (Å²) in [5.41, 5.74) is 4.48. The van der Waals surface area contributed by atoms with Crippen molar-refractivity contribution >= 4 is 10.9 Å². The van der Waals surface area contributed by atoms with Gasteiger partial charge in [-0.05, 0) is 36.3 Å². The summed E-state index contributed by atoms with van der Waals surface area (Å²) in [6.45, 7) is 4.75. The van der Waals surface area contributed by atoms with Crippen molar-refractivity contribution in [3.63, 3.8) is 0 Å². The molecule has 0 spiro atoms. The van der Waals surface area contributed by atoms with Crippen molar-refractivity contribution in [1.29, 1.82) is 0 Å². The summed E-state index contributed by atoms with van der Waals surface area (Å²) < 4.78 is 0. The van der Waals surface area contributed by atoms with Gasteiger partial charge in [-0.1, -0.05) is 57.7 Å². The molecular formula is C18H25N. The Morgan fingerprint density at radius 2 is 2.11 bits per heavy atom. The van der Waals surface area contributed by atoms with E-state index in [1.54, 1.807) is 5.56 Å². The van der Waals surface area contributed by atoms with Gasteiger partial charge < -0.3 is 4.98 Å². The molecule has 1 aromatic carbocycles. The summed E-state index contributed by atoms with van der Waals surface area (Å²) >= 11 is 0. The summed E-state index contributed by atoms with van der Waals surface area (Å²) in [5.74, 6) is 1.61. The number of hydrogen-bond donors (Lipinski definition) is 1. The zero-order valence-electron chi connectivity index (χ0n) is 12.2. The highest BCUT2D eigenvalue weighted by Gasteiger charge is 2.30. The Labute approximate surface area is 116 Å². The molecule has 0 aliphatic heterocycles. The van der Waals surface area contributed by atoms with Crippen LogP contribution in [0.2, 0.25) is 0 Å². The second kappa shape index (κ2) is 5.40. The van der Waals surface area contributed by atoms with Gasteiger partial charge in [0.2, 0.25) is 0 Å². The molecule has 0 radical (unpaired) electrons. The zero-order valence-corrected chi connectivity index (χ0v) is 12.2. The highest BCUT2D eigenvalue weighted by atomic mass is 14.7. The molecule has 0 bridgehead atoms. The smallest absolute Gasteiger partial charge is 0.0459 e. The third-order valence-electron chi connectivity index (χ3n) is 4.85. The van der Waals surface area contributed by atoms with Crippen molar-refractivity contribution < 1.29 is 0 Å². The highest BCUT2D eigenvalue weighted by Crippen LogP contribution is 2.43. The van der Waals surface area contributed by atoms with Crippen LogP contribution in [0.15, 0.2) is 24.3 Å². The zero-order chi connectivity index (χ0) is 13.2. The summed E-state index contributed by atoms with van der Waals surface area (Å²) in [6.07, 6.45) is 8.09. The van der Waals surface area contributed by atoms with Crippen LogP contribution in [0.25, 0.3) is 10.9 Å². The molecule has 102 valence electrons. The van der Waals surface area contributed by atoms with E-state index in [1.165, 1.54) is 55.1 Å². The van der Waals surface area contributed by atoms with Crippen LogP contribution in [-0.2, 0) is 6.42 Å². The van der Waals surface area contributed by atoms with Crippen molar-refractivity contribution in [3.05, 3.63) is 35.5 Å². The van der Waals surface area contributed by atoms with Crippen LogP contribution in [0.4, 0.5) is 0 Å². The van der Waals surface area contributed by atoms with Crippen LogP contribution >= 0.6 is 0 Å². The molecule has 0 fully saturated rings. The summed E-state index contributed by atoms with van der Waals surface area (Å²) in [4.78, 5) is 3.63. The Morgan fingerprint density at radius 3 is 2.95 bits per heavy atom. The summed E-state index contributed by atoms with van der Waals surface area (Å²) in [5, 5.41) is 1.47. The molecule has 19 heavy (non-hydrogen) atoms. The van der Waals surface area contributed by atoms with Crippen molar-refractivity contribution in [2.75, 3.05) is 0 Å². The van der Waals surface area contributed by atoms with Crippen LogP contribution in [-0.4, -0.2) is 4.98 Å². The molecule has 0 amide bonds. The van der Waals surface area contributed by atoms with Gasteiger partial charge in [-0.15, -0.1) is 0 Å².